The molecule has 1 atom stereocenters. The molecule has 1 aromatic heterocycles. The molecule has 1 aliphatic rings. The Morgan fingerprint density at radius 2 is 2.08 bits per heavy atom. The average molecular weight is 357 g/mol. The lowest BCUT2D eigenvalue weighted by Crippen LogP contribution is -2.58. The molecule has 1 amide bonds. The fourth-order valence-corrected chi connectivity index (χ4v) is 3.50. The van der Waals surface area contributed by atoms with Gasteiger partial charge in [-0.15, -0.1) is 0 Å². The van der Waals surface area contributed by atoms with E-state index in [1.54, 1.807) is 4.90 Å². The first-order chi connectivity index (χ1) is 12.5. The van der Waals surface area contributed by atoms with Crippen molar-refractivity contribution in [1.29, 1.82) is 0 Å². The van der Waals surface area contributed by atoms with Crippen molar-refractivity contribution in [2.24, 2.45) is 0 Å². The monoisotopic (exact) mass is 357 g/mol. The van der Waals surface area contributed by atoms with Crippen LogP contribution in [-0.4, -0.2) is 46.3 Å². The standard InChI is InChI=1S/C20H27N3O3/c1-15-18(16(2)26-22-15)13-21-14-20(25)10-6-11-23(19(20)24)12-9-17-7-4-3-5-8-17/h3-5,7-8,21,25H,6,9-14H2,1-2H3/t20-/m1/s1. The van der Waals surface area contributed by atoms with Crippen molar-refractivity contribution < 1.29 is 14.4 Å². The van der Waals surface area contributed by atoms with Crippen molar-refractivity contribution in [2.45, 2.75) is 45.3 Å². The van der Waals surface area contributed by atoms with Crippen LogP contribution in [-0.2, 0) is 17.8 Å². The fraction of sp³-hybridized carbons (Fsp3) is 0.500. The summed E-state index contributed by atoms with van der Waals surface area (Å²) < 4.78 is 5.15. The van der Waals surface area contributed by atoms with Gasteiger partial charge in [0.05, 0.1) is 5.69 Å². The van der Waals surface area contributed by atoms with Crippen molar-refractivity contribution in [2.75, 3.05) is 19.6 Å². The van der Waals surface area contributed by atoms with E-state index in [1.165, 1.54) is 5.56 Å². The molecule has 1 aliphatic heterocycles. The van der Waals surface area contributed by atoms with Crippen LogP contribution in [0.5, 0.6) is 0 Å². The zero-order chi connectivity index (χ0) is 18.6. The summed E-state index contributed by atoms with van der Waals surface area (Å²) in [5.41, 5.74) is 1.68. The number of aromatic nitrogens is 1. The predicted octanol–water partition coefficient (Wildman–Crippen LogP) is 1.98. The maximum atomic E-state index is 12.8. The first-order valence-corrected chi connectivity index (χ1v) is 9.18. The summed E-state index contributed by atoms with van der Waals surface area (Å²) in [4.78, 5) is 14.6. The van der Waals surface area contributed by atoms with Gasteiger partial charge in [-0.25, -0.2) is 0 Å². The number of likely N-dealkylation sites (tertiary alicyclic amines) is 1. The number of nitrogens with zero attached hydrogens (tertiary/aromatic N) is 2. The molecular formula is C20H27N3O3. The minimum atomic E-state index is -1.34. The van der Waals surface area contributed by atoms with E-state index in [1.807, 2.05) is 32.0 Å². The van der Waals surface area contributed by atoms with E-state index in [9.17, 15) is 9.90 Å². The summed E-state index contributed by atoms with van der Waals surface area (Å²) in [5, 5.41) is 18.0. The van der Waals surface area contributed by atoms with Gasteiger partial charge >= 0.3 is 0 Å². The highest BCUT2D eigenvalue weighted by molar-refractivity contribution is 5.86. The molecule has 0 unspecified atom stereocenters. The molecule has 6 heteroatoms. The summed E-state index contributed by atoms with van der Waals surface area (Å²) >= 11 is 0. The molecule has 26 heavy (non-hydrogen) atoms. The van der Waals surface area contributed by atoms with Gasteiger partial charge < -0.3 is 19.8 Å². The van der Waals surface area contributed by atoms with Gasteiger partial charge in [-0.3, -0.25) is 4.79 Å². The molecule has 0 aliphatic carbocycles. The Labute approximate surface area is 154 Å². The highest BCUT2D eigenvalue weighted by Crippen LogP contribution is 2.23. The zero-order valence-electron chi connectivity index (χ0n) is 15.5. The fourth-order valence-electron chi connectivity index (χ4n) is 3.50. The van der Waals surface area contributed by atoms with Crippen LogP contribution in [0.25, 0.3) is 0 Å². The molecule has 0 bridgehead atoms. The molecular weight excluding hydrogens is 330 g/mol. The van der Waals surface area contributed by atoms with Crippen LogP contribution in [0.15, 0.2) is 34.9 Å². The Kier molecular flexibility index (Phi) is 5.74. The van der Waals surface area contributed by atoms with Gasteiger partial charge in [0.25, 0.3) is 5.91 Å². The second-order valence-corrected chi connectivity index (χ2v) is 7.07. The maximum Gasteiger partial charge on any atom is 0.255 e. The number of aliphatic hydroxyl groups is 1. The predicted molar refractivity (Wildman–Crippen MR) is 98.6 cm³/mol. The van der Waals surface area contributed by atoms with Gasteiger partial charge in [0.1, 0.15) is 5.76 Å². The molecule has 1 saturated heterocycles. The van der Waals surface area contributed by atoms with Crippen LogP contribution in [0.1, 0.15) is 35.4 Å². The molecule has 0 saturated carbocycles. The highest BCUT2D eigenvalue weighted by atomic mass is 16.5. The first-order valence-electron chi connectivity index (χ1n) is 9.18. The van der Waals surface area contributed by atoms with E-state index in [0.717, 1.165) is 29.9 Å². The Bertz CT molecular complexity index is 725. The zero-order valence-corrected chi connectivity index (χ0v) is 15.5. The van der Waals surface area contributed by atoms with Crippen LogP contribution in [0.3, 0.4) is 0 Å². The lowest BCUT2D eigenvalue weighted by molar-refractivity contribution is -0.156. The third kappa shape index (κ3) is 4.14. The van der Waals surface area contributed by atoms with Crippen LogP contribution >= 0.6 is 0 Å². The second kappa shape index (κ2) is 8.01. The molecule has 0 spiro atoms. The Morgan fingerprint density at radius 1 is 1.31 bits per heavy atom. The van der Waals surface area contributed by atoms with Crippen LogP contribution < -0.4 is 5.32 Å². The van der Waals surface area contributed by atoms with Crippen molar-refractivity contribution in [3.63, 3.8) is 0 Å². The largest absolute Gasteiger partial charge is 0.379 e. The van der Waals surface area contributed by atoms with Gasteiger partial charge in [-0.1, -0.05) is 35.5 Å². The summed E-state index contributed by atoms with van der Waals surface area (Å²) in [6, 6.07) is 10.1. The molecule has 3 rings (SSSR count). The van der Waals surface area contributed by atoms with E-state index in [4.69, 9.17) is 4.52 Å². The van der Waals surface area contributed by atoms with Gasteiger partial charge in [0.2, 0.25) is 0 Å². The number of carbonyl (C=O) groups excluding carboxylic acids is 1. The van der Waals surface area contributed by atoms with Crippen LogP contribution in [0, 0.1) is 13.8 Å². The number of nitrogens with one attached hydrogen (secondary N) is 1. The maximum absolute atomic E-state index is 12.8. The van der Waals surface area contributed by atoms with Gasteiger partial charge in [-0.2, -0.15) is 0 Å². The van der Waals surface area contributed by atoms with Gasteiger partial charge in [0, 0.05) is 31.7 Å². The third-order valence-electron chi connectivity index (χ3n) is 5.12. The average Bonchev–Trinajstić information content (AvgIpc) is 2.96. The van der Waals surface area contributed by atoms with E-state index in [-0.39, 0.29) is 12.5 Å². The van der Waals surface area contributed by atoms with Crippen molar-refractivity contribution in [3.05, 3.63) is 52.9 Å². The van der Waals surface area contributed by atoms with Crippen molar-refractivity contribution >= 4 is 5.91 Å². The van der Waals surface area contributed by atoms with Crippen LogP contribution in [0.4, 0.5) is 0 Å². The Balaban J connectivity index is 1.55. The van der Waals surface area contributed by atoms with E-state index in [2.05, 4.69) is 22.6 Å². The van der Waals surface area contributed by atoms with Crippen molar-refractivity contribution in [1.82, 2.24) is 15.4 Å². The number of amides is 1. The summed E-state index contributed by atoms with van der Waals surface area (Å²) in [5.74, 6) is 0.590. The molecule has 6 nitrogen and oxygen atoms in total. The van der Waals surface area contributed by atoms with E-state index < -0.39 is 5.60 Å². The molecule has 2 aromatic rings. The molecule has 0 radical (unpaired) electrons. The van der Waals surface area contributed by atoms with Gasteiger partial charge in [0.15, 0.2) is 5.60 Å². The summed E-state index contributed by atoms with van der Waals surface area (Å²) in [7, 11) is 0. The topological polar surface area (TPSA) is 78.6 Å². The molecule has 2 heterocycles. The number of hydrogen-bond donors (Lipinski definition) is 2. The van der Waals surface area contributed by atoms with Crippen molar-refractivity contribution in [3.8, 4) is 0 Å². The summed E-state index contributed by atoms with van der Waals surface area (Å²) in [6.07, 6.45) is 2.10. The number of piperidine rings is 1. The SMILES string of the molecule is Cc1noc(C)c1CNC[C@]1(O)CCCN(CCc2ccccc2)C1=O. The molecule has 2 N–H and O–H groups in total. The second-order valence-electron chi connectivity index (χ2n) is 7.07. The van der Waals surface area contributed by atoms with E-state index in [0.29, 0.717) is 26.1 Å². The lowest BCUT2D eigenvalue weighted by atomic mass is 9.91. The number of benzene rings is 1. The Morgan fingerprint density at radius 3 is 2.77 bits per heavy atom. The number of carbonyl (C=O) groups is 1. The minimum absolute atomic E-state index is 0.175. The molecule has 1 fully saturated rings. The summed E-state index contributed by atoms with van der Waals surface area (Å²) in [6.45, 7) is 5.85. The van der Waals surface area contributed by atoms with Crippen LogP contribution in [0.2, 0.25) is 0 Å². The lowest BCUT2D eigenvalue weighted by Gasteiger charge is -2.38. The Hall–Kier alpha value is -2.18. The number of aryl methyl sites for hydroxylation is 2. The molecule has 140 valence electrons. The number of rotatable bonds is 7. The number of hydrogen-bond acceptors (Lipinski definition) is 5. The van der Waals surface area contributed by atoms with E-state index >= 15 is 0 Å². The first kappa shape index (κ1) is 18.6. The normalized spacial score (nSPS) is 20.6. The quantitative estimate of drug-likeness (QED) is 0.792. The minimum Gasteiger partial charge on any atom is -0.379 e. The third-order valence-corrected chi connectivity index (χ3v) is 5.12. The molecule has 1 aromatic carbocycles. The highest BCUT2D eigenvalue weighted by Gasteiger charge is 2.41. The smallest absolute Gasteiger partial charge is 0.255 e. The van der Waals surface area contributed by atoms with Gasteiger partial charge in [-0.05, 0) is 38.7 Å².